The van der Waals surface area contributed by atoms with Crippen LogP contribution in [0, 0.1) is 0 Å². The highest BCUT2D eigenvalue weighted by atomic mass is 32.2. The number of hydrogen-bond donors (Lipinski definition) is 1. The smallest absolute Gasteiger partial charge is 0.238 e. The van der Waals surface area contributed by atoms with E-state index in [4.69, 9.17) is 9.56 Å². The number of hydrogen-bond acceptors (Lipinski definition) is 4. The standard InChI is InChI=1S/C9H8N2O3S/c10-15(12,13)8-3-1-7(2-4-8)9-5-14-6-11-9/h1-6H,(H2,10,12,13). The molecule has 15 heavy (non-hydrogen) atoms. The first-order chi connectivity index (χ1) is 7.07. The van der Waals surface area contributed by atoms with Gasteiger partial charge in [-0.15, -0.1) is 0 Å². The Morgan fingerprint density at radius 2 is 1.87 bits per heavy atom. The summed E-state index contributed by atoms with van der Waals surface area (Å²) in [6.45, 7) is 0. The predicted molar refractivity (Wildman–Crippen MR) is 53.3 cm³/mol. The van der Waals surface area contributed by atoms with Crippen molar-refractivity contribution in [3.8, 4) is 11.3 Å². The molecule has 0 saturated heterocycles. The summed E-state index contributed by atoms with van der Waals surface area (Å²) < 4.78 is 26.8. The molecule has 0 bridgehead atoms. The monoisotopic (exact) mass is 224 g/mol. The van der Waals surface area contributed by atoms with Crippen molar-refractivity contribution in [2.75, 3.05) is 0 Å². The minimum absolute atomic E-state index is 0.0785. The molecule has 78 valence electrons. The Morgan fingerprint density at radius 3 is 2.33 bits per heavy atom. The molecular weight excluding hydrogens is 216 g/mol. The van der Waals surface area contributed by atoms with Crippen molar-refractivity contribution in [2.24, 2.45) is 5.14 Å². The van der Waals surface area contributed by atoms with E-state index in [9.17, 15) is 8.42 Å². The maximum absolute atomic E-state index is 11.0. The van der Waals surface area contributed by atoms with Gasteiger partial charge in [-0.1, -0.05) is 12.1 Å². The summed E-state index contributed by atoms with van der Waals surface area (Å²) in [6.07, 6.45) is 2.79. The Morgan fingerprint density at radius 1 is 1.20 bits per heavy atom. The number of aromatic nitrogens is 1. The molecule has 1 heterocycles. The molecule has 2 aromatic rings. The van der Waals surface area contributed by atoms with Crippen molar-refractivity contribution in [1.82, 2.24) is 4.98 Å². The molecule has 0 saturated carbocycles. The zero-order chi connectivity index (χ0) is 10.9. The first-order valence-corrected chi connectivity index (χ1v) is 5.63. The molecular formula is C9H8N2O3S. The maximum atomic E-state index is 11.0. The fraction of sp³-hybridized carbons (Fsp3) is 0. The van der Waals surface area contributed by atoms with Gasteiger partial charge in [-0.2, -0.15) is 0 Å². The van der Waals surface area contributed by atoms with Crippen LogP contribution in [0.5, 0.6) is 0 Å². The van der Waals surface area contributed by atoms with Crippen LogP contribution in [-0.4, -0.2) is 13.4 Å². The lowest BCUT2D eigenvalue weighted by Crippen LogP contribution is -2.11. The minimum atomic E-state index is -3.63. The second kappa shape index (κ2) is 3.48. The Hall–Kier alpha value is -1.66. The lowest BCUT2D eigenvalue weighted by Gasteiger charge is -1.99. The number of nitrogens with two attached hydrogens (primary N) is 1. The van der Waals surface area contributed by atoms with Crippen molar-refractivity contribution in [2.45, 2.75) is 4.90 Å². The van der Waals surface area contributed by atoms with Crippen molar-refractivity contribution < 1.29 is 12.8 Å². The molecule has 1 aromatic carbocycles. The summed E-state index contributed by atoms with van der Waals surface area (Å²) in [5.74, 6) is 0. The SMILES string of the molecule is NS(=O)(=O)c1ccc(-c2cocn2)cc1. The molecule has 0 fully saturated rings. The van der Waals surface area contributed by atoms with Gasteiger partial charge in [0.2, 0.25) is 10.0 Å². The van der Waals surface area contributed by atoms with E-state index in [1.54, 1.807) is 12.1 Å². The van der Waals surface area contributed by atoms with Gasteiger partial charge in [-0.05, 0) is 12.1 Å². The van der Waals surface area contributed by atoms with Crippen LogP contribution >= 0.6 is 0 Å². The average Bonchev–Trinajstić information content (AvgIpc) is 2.69. The molecule has 2 rings (SSSR count). The van der Waals surface area contributed by atoms with Crippen molar-refractivity contribution in [3.05, 3.63) is 36.9 Å². The minimum Gasteiger partial charge on any atom is -0.451 e. The summed E-state index contributed by atoms with van der Waals surface area (Å²) in [4.78, 5) is 4.01. The second-order valence-electron chi connectivity index (χ2n) is 2.94. The van der Waals surface area contributed by atoms with E-state index in [0.717, 1.165) is 5.56 Å². The maximum Gasteiger partial charge on any atom is 0.238 e. The Bertz CT molecular complexity index is 544. The lowest BCUT2D eigenvalue weighted by atomic mass is 10.2. The van der Waals surface area contributed by atoms with E-state index in [-0.39, 0.29) is 4.90 Å². The molecule has 0 radical (unpaired) electrons. The van der Waals surface area contributed by atoms with Crippen LogP contribution in [0.1, 0.15) is 0 Å². The van der Waals surface area contributed by atoms with Crippen LogP contribution in [0.3, 0.4) is 0 Å². The summed E-state index contributed by atoms with van der Waals surface area (Å²) in [5.41, 5.74) is 1.42. The third kappa shape index (κ3) is 2.05. The quantitative estimate of drug-likeness (QED) is 0.824. The summed E-state index contributed by atoms with van der Waals surface area (Å²) in [7, 11) is -3.63. The topological polar surface area (TPSA) is 86.2 Å². The summed E-state index contributed by atoms with van der Waals surface area (Å²) >= 11 is 0. The van der Waals surface area contributed by atoms with Crippen molar-refractivity contribution in [3.63, 3.8) is 0 Å². The lowest BCUT2D eigenvalue weighted by molar-refractivity contribution is 0.558. The molecule has 0 atom stereocenters. The van der Waals surface area contributed by atoms with E-state index in [1.807, 2.05) is 0 Å². The van der Waals surface area contributed by atoms with Gasteiger partial charge in [0.15, 0.2) is 6.39 Å². The second-order valence-corrected chi connectivity index (χ2v) is 4.50. The third-order valence-electron chi connectivity index (χ3n) is 1.91. The highest BCUT2D eigenvalue weighted by molar-refractivity contribution is 7.89. The van der Waals surface area contributed by atoms with E-state index in [1.165, 1.54) is 24.8 Å². The first kappa shape index (κ1) is 9.88. The molecule has 2 N–H and O–H groups in total. The number of nitrogens with zero attached hydrogens (tertiary/aromatic N) is 1. The van der Waals surface area contributed by atoms with Gasteiger partial charge < -0.3 is 4.42 Å². The normalized spacial score (nSPS) is 11.5. The van der Waals surface area contributed by atoms with Crippen LogP contribution in [0.15, 0.2) is 46.2 Å². The van der Waals surface area contributed by atoms with Gasteiger partial charge >= 0.3 is 0 Å². The van der Waals surface area contributed by atoms with Crippen molar-refractivity contribution in [1.29, 1.82) is 0 Å². The summed E-state index contributed by atoms with van der Waals surface area (Å²) in [6, 6.07) is 6.11. The Balaban J connectivity index is 2.42. The molecule has 0 aliphatic rings. The third-order valence-corrected chi connectivity index (χ3v) is 2.84. The molecule has 0 aliphatic heterocycles. The zero-order valence-corrected chi connectivity index (χ0v) is 8.44. The molecule has 1 aromatic heterocycles. The molecule has 0 amide bonds. The van der Waals surface area contributed by atoms with Gasteiger partial charge in [0.1, 0.15) is 12.0 Å². The molecule has 0 unspecified atom stereocenters. The highest BCUT2D eigenvalue weighted by Gasteiger charge is 2.07. The van der Waals surface area contributed by atoms with Gasteiger partial charge in [0, 0.05) is 5.56 Å². The van der Waals surface area contributed by atoms with Crippen molar-refractivity contribution >= 4 is 10.0 Å². The number of benzene rings is 1. The molecule has 0 spiro atoms. The van der Waals surface area contributed by atoms with E-state index >= 15 is 0 Å². The van der Waals surface area contributed by atoms with Gasteiger partial charge in [-0.25, -0.2) is 18.5 Å². The number of sulfonamides is 1. The first-order valence-electron chi connectivity index (χ1n) is 4.09. The Kier molecular flexibility index (Phi) is 2.29. The molecule has 6 heteroatoms. The Labute approximate surface area is 86.6 Å². The average molecular weight is 224 g/mol. The molecule has 5 nitrogen and oxygen atoms in total. The number of primary sulfonamides is 1. The zero-order valence-electron chi connectivity index (χ0n) is 7.62. The van der Waals surface area contributed by atoms with Gasteiger partial charge in [0.25, 0.3) is 0 Å². The fourth-order valence-electron chi connectivity index (χ4n) is 1.17. The predicted octanol–water partition coefficient (Wildman–Crippen LogP) is 0.989. The highest BCUT2D eigenvalue weighted by Crippen LogP contribution is 2.18. The summed E-state index contributed by atoms with van der Waals surface area (Å²) in [5, 5.41) is 4.96. The van der Waals surface area contributed by atoms with Gasteiger partial charge in [0.05, 0.1) is 4.90 Å². The van der Waals surface area contributed by atoms with Crippen LogP contribution in [-0.2, 0) is 10.0 Å². The van der Waals surface area contributed by atoms with Crippen LogP contribution in [0.25, 0.3) is 11.3 Å². The van der Waals surface area contributed by atoms with Crippen LogP contribution in [0.4, 0.5) is 0 Å². The number of rotatable bonds is 2. The molecule has 0 aliphatic carbocycles. The largest absolute Gasteiger partial charge is 0.451 e. The van der Waals surface area contributed by atoms with Crippen LogP contribution < -0.4 is 5.14 Å². The van der Waals surface area contributed by atoms with Crippen LogP contribution in [0.2, 0.25) is 0 Å². The van der Waals surface area contributed by atoms with Gasteiger partial charge in [-0.3, -0.25) is 0 Å². The van der Waals surface area contributed by atoms with E-state index in [0.29, 0.717) is 5.69 Å². The van der Waals surface area contributed by atoms with E-state index in [2.05, 4.69) is 4.98 Å². The number of oxazole rings is 1. The van der Waals surface area contributed by atoms with E-state index < -0.39 is 10.0 Å². The fourth-order valence-corrected chi connectivity index (χ4v) is 1.69.